The van der Waals surface area contributed by atoms with Gasteiger partial charge in [0.05, 0.1) is 34.0 Å². The molecule has 2 saturated heterocycles. The number of aryl methyl sites for hydroxylation is 1. The van der Waals surface area contributed by atoms with E-state index in [1.165, 1.54) is 21.3 Å². The summed E-state index contributed by atoms with van der Waals surface area (Å²) < 4.78 is 22.1. The van der Waals surface area contributed by atoms with Crippen LogP contribution in [0.15, 0.2) is 36.4 Å². The fourth-order valence-electron chi connectivity index (χ4n) is 4.81. The predicted octanol–water partition coefficient (Wildman–Crippen LogP) is 2.32. The number of hydrogen-bond acceptors (Lipinski definition) is 7. The number of nitrogens with zero attached hydrogens (tertiary/aromatic N) is 3. The molecule has 2 fully saturated rings. The molecule has 1 unspecified atom stereocenters. The number of benzene rings is 2. The number of piperazine rings is 1. The molecular formula is C27H35N3O6. The molecule has 9 heteroatoms. The van der Waals surface area contributed by atoms with Crippen molar-refractivity contribution in [3.05, 3.63) is 53.1 Å². The molecule has 194 valence electrons. The van der Waals surface area contributed by atoms with Gasteiger partial charge in [-0.15, -0.1) is 0 Å². The maximum atomic E-state index is 13.2. The molecule has 36 heavy (non-hydrogen) atoms. The number of ether oxygens (including phenoxy) is 4. The molecule has 2 aromatic carbocycles. The Morgan fingerprint density at radius 1 is 0.889 bits per heavy atom. The van der Waals surface area contributed by atoms with E-state index in [4.69, 9.17) is 18.9 Å². The Bertz CT molecular complexity index is 1060. The lowest BCUT2D eigenvalue weighted by atomic mass is 10.1. The van der Waals surface area contributed by atoms with Crippen LogP contribution in [0.3, 0.4) is 0 Å². The average Bonchev–Trinajstić information content (AvgIpc) is 2.92. The highest BCUT2D eigenvalue weighted by atomic mass is 16.5. The summed E-state index contributed by atoms with van der Waals surface area (Å²) in [5.74, 6) is 1.36. The van der Waals surface area contributed by atoms with Crippen molar-refractivity contribution in [3.8, 4) is 17.2 Å². The van der Waals surface area contributed by atoms with E-state index in [0.29, 0.717) is 55.6 Å². The monoisotopic (exact) mass is 497 g/mol. The van der Waals surface area contributed by atoms with Crippen molar-refractivity contribution in [3.63, 3.8) is 0 Å². The van der Waals surface area contributed by atoms with E-state index in [2.05, 4.69) is 4.90 Å². The Morgan fingerprint density at radius 3 is 2.17 bits per heavy atom. The largest absolute Gasteiger partial charge is 0.493 e. The number of carbonyl (C=O) groups is 2. The average molecular weight is 498 g/mol. The third-order valence-corrected chi connectivity index (χ3v) is 6.83. The van der Waals surface area contributed by atoms with Gasteiger partial charge in [0.1, 0.15) is 0 Å². The zero-order chi connectivity index (χ0) is 25.7. The van der Waals surface area contributed by atoms with Crippen molar-refractivity contribution >= 4 is 11.8 Å². The number of morpholine rings is 1. The predicted molar refractivity (Wildman–Crippen MR) is 135 cm³/mol. The van der Waals surface area contributed by atoms with Gasteiger partial charge in [-0.25, -0.2) is 0 Å². The van der Waals surface area contributed by atoms with Gasteiger partial charge < -0.3 is 28.7 Å². The SMILES string of the molecule is COc1cc(C(=O)N2CCN(CC3CN(C(=O)c4ccccc4C)CCO3)CC2)cc(OC)c1OC. The van der Waals surface area contributed by atoms with Crippen molar-refractivity contribution in [1.82, 2.24) is 14.7 Å². The third kappa shape index (κ3) is 5.57. The minimum atomic E-state index is -0.0715. The Labute approximate surface area is 212 Å². The van der Waals surface area contributed by atoms with Gasteiger partial charge in [-0.05, 0) is 30.7 Å². The number of rotatable bonds is 7. The standard InChI is InChI=1S/C27H35N3O6/c1-19-7-5-6-8-22(19)27(32)30-13-14-36-21(18-30)17-28-9-11-29(12-10-28)26(31)20-15-23(33-2)25(35-4)24(16-20)34-3/h5-8,15-16,21H,9-14,17-18H2,1-4H3. The van der Waals surface area contributed by atoms with Gasteiger partial charge in [0, 0.05) is 56.9 Å². The first-order valence-corrected chi connectivity index (χ1v) is 12.2. The highest BCUT2D eigenvalue weighted by molar-refractivity contribution is 5.96. The van der Waals surface area contributed by atoms with Crippen LogP contribution < -0.4 is 14.2 Å². The molecule has 2 amide bonds. The molecule has 2 aliphatic heterocycles. The van der Waals surface area contributed by atoms with Crippen LogP contribution in [0.1, 0.15) is 26.3 Å². The summed E-state index contributed by atoms with van der Waals surface area (Å²) in [6, 6.07) is 11.1. The fourth-order valence-corrected chi connectivity index (χ4v) is 4.81. The molecule has 4 rings (SSSR count). The second-order valence-electron chi connectivity index (χ2n) is 9.07. The summed E-state index contributed by atoms with van der Waals surface area (Å²) in [5.41, 5.74) is 2.23. The minimum Gasteiger partial charge on any atom is -0.493 e. The quantitative estimate of drug-likeness (QED) is 0.581. The van der Waals surface area contributed by atoms with Gasteiger partial charge >= 0.3 is 0 Å². The van der Waals surface area contributed by atoms with Crippen molar-refractivity contribution in [2.24, 2.45) is 0 Å². The lowest BCUT2D eigenvalue weighted by Crippen LogP contribution is -2.54. The van der Waals surface area contributed by atoms with Crippen molar-refractivity contribution in [1.29, 1.82) is 0 Å². The Balaban J connectivity index is 1.33. The van der Waals surface area contributed by atoms with Gasteiger partial charge in [0.25, 0.3) is 11.8 Å². The Morgan fingerprint density at radius 2 is 1.56 bits per heavy atom. The molecule has 2 heterocycles. The van der Waals surface area contributed by atoms with Gasteiger partial charge in [0.15, 0.2) is 11.5 Å². The van der Waals surface area contributed by atoms with Gasteiger partial charge in [-0.1, -0.05) is 18.2 Å². The fraction of sp³-hybridized carbons (Fsp3) is 0.481. The molecule has 0 aromatic heterocycles. The lowest BCUT2D eigenvalue weighted by Gasteiger charge is -2.39. The summed E-state index contributed by atoms with van der Waals surface area (Å²) in [5, 5.41) is 0. The number of carbonyl (C=O) groups excluding carboxylic acids is 2. The summed E-state index contributed by atoms with van der Waals surface area (Å²) in [4.78, 5) is 32.3. The molecular weight excluding hydrogens is 462 g/mol. The molecule has 2 aliphatic rings. The number of methoxy groups -OCH3 is 3. The van der Waals surface area contributed by atoms with Gasteiger partial charge in [-0.2, -0.15) is 0 Å². The first-order chi connectivity index (χ1) is 17.4. The van der Waals surface area contributed by atoms with Crippen molar-refractivity contribution < 1.29 is 28.5 Å². The summed E-state index contributed by atoms with van der Waals surface area (Å²) in [6.07, 6.45) is -0.0518. The van der Waals surface area contributed by atoms with Crippen LogP contribution in [0, 0.1) is 6.92 Å². The highest BCUT2D eigenvalue weighted by Gasteiger charge is 2.30. The first kappa shape index (κ1) is 25.8. The maximum absolute atomic E-state index is 13.2. The van der Waals surface area contributed by atoms with Crippen LogP contribution in [0.25, 0.3) is 0 Å². The van der Waals surface area contributed by atoms with E-state index in [-0.39, 0.29) is 17.9 Å². The van der Waals surface area contributed by atoms with E-state index in [1.54, 1.807) is 12.1 Å². The molecule has 0 radical (unpaired) electrons. The van der Waals surface area contributed by atoms with Crippen LogP contribution in [0.5, 0.6) is 17.2 Å². The van der Waals surface area contributed by atoms with Crippen LogP contribution in [-0.4, -0.2) is 106 Å². The van der Waals surface area contributed by atoms with Crippen LogP contribution in [0.2, 0.25) is 0 Å². The van der Waals surface area contributed by atoms with Crippen molar-refractivity contribution in [2.45, 2.75) is 13.0 Å². The second-order valence-corrected chi connectivity index (χ2v) is 9.07. The van der Waals surface area contributed by atoms with E-state index < -0.39 is 0 Å². The van der Waals surface area contributed by atoms with E-state index in [1.807, 2.05) is 41.0 Å². The molecule has 0 aliphatic carbocycles. The van der Waals surface area contributed by atoms with Gasteiger partial charge in [-0.3, -0.25) is 14.5 Å². The zero-order valence-corrected chi connectivity index (χ0v) is 21.5. The summed E-state index contributed by atoms with van der Waals surface area (Å²) in [6.45, 7) is 7.07. The molecule has 0 bridgehead atoms. The molecule has 0 spiro atoms. The van der Waals surface area contributed by atoms with E-state index in [9.17, 15) is 9.59 Å². The number of hydrogen-bond donors (Lipinski definition) is 0. The topological polar surface area (TPSA) is 80.8 Å². The summed E-state index contributed by atoms with van der Waals surface area (Å²) >= 11 is 0. The Hall–Kier alpha value is -3.30. The third-order valence-electron chi connectivity index (χ3n) is 6.83. The highest BCUT2D eigenvalue weighted by Crippen LogP contribution is 2.38. The molecule has 0 saturated carbocycles. The van der Waals surface area contributed by atoms with E-state index >= 15 is 0 Å². The number of amides is 2. The van der Waals surface area contributed by atoms with Crippen LogP contribution >= 0.6 is 0 Å². The van der Waals surface area contributed by atoms with E-state index in [0.717, 1.165) is 30.8 Å². The molecule has 1 atom stereocenters. The molecule has 2 aromatic rings. The minimum absolute atomic E-state index is 0.0518. The van der Waals surface area contributed by atoms with Gasteiger partial charge in [0.2, 0.25) is 5.75 Å². The van der Waals surface area contributed by atoms with Crippen LogP contribution in [-0.2, 0) is 4.74 Å². The Kier molecular flexibility index (Phi) is 8.32. The molecule has 0 N–H and O–H groups in total. The normalized spacial score (nSPS) is 18.6. The van der Waals surface area contributed by atoms with Crippen LogP contribution in [0.4, 0.5) is 0 Å². The smallest absolute Gasteiger partial charge is 0.254 e. The lowest BCUT2D eigenvalue weighted by molar-refractivity contribution is -0.0400. The summed E-state index contributed by atoms with van der Waals surface area (Å²) in [7, 11) is 4.61. The zero-order valence-electron chi connectivity index (χ0n) is 21.5. The second kappa shape index (κ2) is 11.6. The first-order valence-electron chi connectivity index (χ1n) is 12.2. The maximum Gasteiger partial charge on any atom is 0.254 e. The van der Waals surface area contributed by atoms with Crippen molar-refractivity contribution in [2.75, 3.05) is 73.7 Å². The molecule has 9 nitrogen and oxygen atoms in total.